The van der Waals surface area contributed by atoms with Crippen LogP contribution in [0.3, 0.4) is 0 Å². The summed E-state index contributed by atoms with van der Waals surface area (Å²) < 4.78 is 7.42. The highest BCUT2D eigenvalue weighted by Crippen LogP contribution is 2.13. The molecule has 0 radical (unpaired) electrons. The van der Waals surface area contributed by atoms with E-state index in [1.165, 1.54) is 0 Å². The Kier molecular flexibility index (Phi) is 7.04. The number of nitrogens with one attached hydrogen (secondary N) is 1. The zero-order valence-corrected chi connectivity index (χ0v) is 16.1. The summed E-state index contributed by atoms with van der Waals surface area (Å²) in [4.78, 5) is 4.40. The van der Waals surface area contributed by atoms with Crippen LogP contribution >= 0.6 is 24.0 Å². The number of aliphatic imine (C=N–C) groups is 1. The minimum atomic E-state index is 0. The standard InChI is InChI=1S/C17H23N5O.HI/c1-13-14(12-22(21-13)15-6-3-2-4-7-15)10-19-17(18)20-11-16-8-5-9-23-16;/h2-4,6-7,12,16H,5,8-11H2,1H3,(H3,18,19,20);1H. The minimum absolute atomic E-state index is 0. The molecule has 1 aromatic carbocycles. The molecule has 0 amide bonds. The maximum atomic E-state index is 5.92. The molecule has 0 aliphatic carbocycles. The molecule has 0 spiro atoms. The van der Waals surface area contributed by atoms with Crippen molar-refractivity contribution >= 4 is 29.9 Å². The van der Waals surface area contributed by atoms with Crippen LogP contribution in [0.15, 0.2) is 41.5 Å². The van der Waals surface area contributed by atoms with E-state index < -0.39 is 0 Å². The number of para-hydroxylation sites is 1. The topological polar surface area (TPSA) is 77.5 Å². The van der Waals surface area contributed by atoms with Crippen LogP contribution in [-0.2, 0) is 11.3 Å². The number of aromatic nitrogens is 2. The van der Waals surface area contributed by atoms with Crippen molar-refractivity contribution in [2.24, 2.45) is 10.7 Å². The molecule has 1 aliphatic rings. The summed E-state index contributed by atoms with van der Waals surface area (Å²) in [5.74, 6) is 0.451. The van der Waals surface area contributed by atoms with E-state index in [1.807, 2.05) is 48.1 Å². The lowest BCUT2D eigenvalue weighted by Gasteiger charge is -2.10. The van der Waals surface area contributed by atoms with E-state index in [0.717, 1.165) is 42.9 Å². The van der Waals surface area contributed by atoms with Crippen LogP contribution in [-0.4, -0.2) is 35.0 Å². The Morgan fingerprint density at radius 1 is 1.42 bits per heavy atom. The molecular formula is C17H24IN5O. The second kappa shape index (κ2) is 9.03. The SMILES string of the molecule is Cc1nn(-c2ccccc2)cc1CN=C(N)NCC1CCCO1.I. The zero-order valence-electron chi connectivity index (χ0n) is 13.8. The number of guanidine groups is 1. The molecule has 3 rings (SSSR count). The van der Waals surface area contributed by atoms with Gasteiger partial charge in [0.2, 0.25) is 0 Å². The van der Waals surface area contributed by atoms with Crippen molar-refractivity contribution in [1.82, 2.24) is 15.1 Å². The van der Waals surface area contributed by atoms with Crippen LogP contribution in [0.2, 0.25) is 0 Å². The Morgan fingerprint density at radius 2 is 2.21 bits per heavy atom. The number of ether oxygens (including phenoxy) is 1. The van der Waals surface area contributed by atoms with Crippen LogP contribution in [0.25, 0.3) is 5.69 Å². The van der Waals surface area contributed by atoms with Crippen molar-refractivity contribution in [3.63, 3.8) is 0 Å². The number of benzene rings is 1. The van der Waals surface area contributed by atoms with E-state index in [1.54, 1.807) is 0 Å². The van der Waals surface area contributed by atoms with Gasteiger partial charge >= 0.3 is 0 Å². The molecule has 2 aromatic rings. The van der Waals surface area contributed by atoms with Gasteiger partial charge in [-0.05, 0) is 31.9 Å². The number of aryl methyl sites for hydroxylation is 1. The summed E-state index contributed by atoms with van der Waals surface area (Å²) in [5.41, 5.74) is 8.99. The van der Waals surface area contributed by atoms with Crippen molar-refractivity contribution in [2.45, 2.75) is 32.4 Å². The molecule has 0 bridgehead atoms. The lowest BCUT2D eigenvalue weighted by molar-refractivity contribution is 0.114. The van der Waals surface area contributed by atoms with Crippen molar-refractivity contribution in [2.75, 3.05) is 13.2 Å². The Balaban J connectivity index is 0.00000208. The second-order valence-corrected chi connectivity index (χ2v) is 5.74. The van der Waals surface area contributed by atoms with Gasteiger partial charge in [0.05, 0.1) is 24.0 Å². The van der Waals surface area contributed by atoms with Crippen molar-refractivity contribution in [1.29, 1.82) is 0 Å². The van der Waals surface area contributed by atoms with Gasteiger partial charge in [0.1, 0.15) is 0 Å². The van der Waals surface area contributed by atoms with E-state index in [0.29, 0.717) is 12.5 Å². The molecule has 1 aromatic heterocycles. The normalized spacial score (nSPS) is 17.5. The molecule has 24 heavy (non-hydrogen) atoms. The number of hydrogen-bond donors (Lipinski definition) is 2. The highest BCUT2D eigenvalue weighted by atomic mass is 127. The van der Waals surface area contributed by atoms with Gasteiger partial charge in [0.25, 0.3) is 0 Å². The highest BCUT2D eigenvalue weighted by molar-refractivity contribution is 14.0. The molecule has 1 unspecified atom stereocenters. The molecule has 3 N–H and O–H groups in total. The van der Waals surface area contributed by atoms with E-state index in [4.69, 9.17) is 10.5 Å². The molecule has 1 aliphatic heterocycles. The first-order chi connectivity index (χ1) is 11.2. The molecular weight excluding hydrogens is 417 g/mol. The molecule has 0 saturated carbocycles. The average Bonchev–Trinajstić information content (AvgIpc) is 3.21. The van der Waals surface area contributed by atoms with Gasteiger partial charge in [0.15, 0.2) is 5.96 Å². The Morgan fingerprint density at radius 3 is 2.92 bits per heavy atom. The molecule has 1 saturated heterocycles. The summed E-state index contributed by atoms with van der Waals surface area (Å²) in [7, 11) is 0. The van der Waals surface area contributed by atoms with E-state index >= 15 is 0 Å². The summed E-state index contributed by atoms with van der Waals surface area (Å²) in [6, 6.07) is 10.0. The maximum Gasteiger partial charge on any atom is 0.189 e. The fourth-order valence-corrected chi connectivity index (χ4v) is 2.61. The van der Waals surface area contributed by atoms with Gasteiger partial charge < -0.3 is 15.8 Å². The van der Waals surface area contributed by atoms with Crippen LogP contribution in [0.4, 0.5) is 0 Å². The van der Waals surface area contributed by atoms with Gasteiger partial charge in [-0.15, -0.1) is 24.0 Å². The average molecular weight is 441 g/mol. The first-order valence-electron chi connectivity index (χ1n) is 7.98. The van der Waals surface area contributed by atoms with Gasteiger partial charge in [-0.25, -0.2) is 9.67 Å². The number of halogens is 1. The number of hydrogen-bond acceptors (Lipinski definition) is 3. The van der Waals surface area contributed by atoms with Gasteiger partial charge in [-0.3, -0.25) is 0 Å². The number of nitrogens with zero attached hydrogens (tertiary/aromatic N) is 3. The third-order valence-electron chi connectivity index (χ3n) is 3.98. The Labute approximate surface area is 159 Å². The van der Waals surface area contributed by atoms with Crippen molar-refractivity contribution in [3.05, 3.63) is 47.8 Å². The fourth-order valence-electron chi connectivity index (χ4n) is 2.61. The fraction of sp³-hybridized carbons (Fsp3) is 0.412. The summed E-state index contributed by atoms with van der Waals surface area (Å²) in [6.07, 6.45) is 4.47. The van der Waals surface area contributed by atoms with Crippen LogP contribution in [0.5, 0.6) is 0 Å². The predicted molar refractivity (Wildman–Crippen MR) is 106 cm³/mol. The third kappa shape index (κ3) is 4.94. The van der Waals surface area contributed by atoms with Crippen LogP contribution < -0.4 is 11.1 Å². The minimum Gasteiger partial charge on any atom is -0.376 e. The second-order valence-electron chi connectivity index (χ2n) is 5.74. The first kappa shape index (κ1) is 18.7. The monoisotopic (exact) mass is 441 g/mol. The molecule has 2 heterocycles. The van der Waals surface area contributed by atoms with Gasteiger partial charge in [-0.1, -0.05) is 18.2 Å². The van der Waals surface area contributed by atoms with Crippen LogP contribution in [0, 0.1) is 6.92 Å². The molecule has 1 atom stereocenters. The third-order valence-corrected chi connectivity index (χ3v) is 3.98. The lowest BCUT2D eigenvalue weighted by atomic mass is 10.2. The highest BCUT2D eigenvalue weighted by Gasteiger charge is 2.15. The largest absolute Gasteiger partial charge is 0.376 e. The zero-order chi connectivity index (χ0) is 16.1. The van der Waals surface area contributed by atoms with Crippen LogP contribution in [0.1, 0.15) is 24.1 Å². The van der Waals surface area contributed by atoms with Gasteiger partial charge in [0, 0.05) is 24.9 Å². The van der Waals surface area contributed by atoms with Crippen molar-refractivity contribution in [3.8, 4) is 5.69 Å². The summed E-state index contributed by atoms with van der Waals surface area (Å²) in [6.45, 7) is 4.07. The summed E-state index contributed by atoms with van der Waals surface area (Å²) >= 11 is 0. The molecule has 1 fully saturated rings. The molecule has 6 nitrogen and oxygen atoms in total. The quantitative estimate of drug-likeness (QED) is 0.425. The molecule has 130 valence electrons. The van der Waals surface area contributed by atoms with Crippen molar-refractivity contribution < 1.29 is 4.74 Å². The van der Waals surface area contributed by atoms with E-state index in [-0.39, 0.29) is 30.1 Å². The van der Waals surface area contributed by atoms with Gasteiger partial charge in [-0.2, -0.15) is 5.10 Å². The summed E-state index contributed by atoms with van der Waals surface area (Å²) in [5, 5.41) is 7.66. The predicted octanol–water partition coefficient (Wildman–Crippen LogP) is 2.38. The Hall–Kier alpha value is -1.61. The number of rotatable bonds is 5. The maximum absolute atomic E-state index is 5.92. The first-order valence-corrected chi connectivity index (χ1v) is 7.98. The lowest BCUT2D eigenvalue weighted by Crippen LogP contribution is -2.37. The molecule has 7 heteroatoms. The van der Waals surface area contributed by atoms with E-state index in [2.05, 4.69) is 15.4 Å². The van der Waals surface area contributed by atoms with E-state index in [9.17, 15) is 0 Å². The smallest absolute Gasteiger partial charge is 0.189 e. The number of nitrogens with two attached hydrogens (primary N) is 1. The Bertz CT molecular complexity index is 665.